The zero-order valence-corrected chi connectivity index (χ0v) is 9.75. The summed E-state index contributed by atoms with van der Waals surface area (Å²) in [6.45, 7) is 9.05. The van der Waals surface area contributed by atoms with Crippen LogP contribution in [0, 0.1) is 0 Å². The van der Waals surface area contributed by atoms with Gasteiger partial charge in [-0.1, -0.05) is 13.8 Å². The molecular formula is C11H24N2O. The van der Waals surface area contributed by atoms with Gasteiger partial charge in [-0.2, -0.15) is 0 Å². The Labute approximate surface area is 87.8 Å². The molecule has 0 spiro atoms. The fraction of sp³-hybridized carbons (Fsp3) is 1.00. The Morgan fingerprint density at radius 3 is 2.50 bits per heavy atom. The van der Waals surface area contributed by atoms with E-state index in [1.165, 1.54) is 32.5 Å². The molecule has 0 radical (unpaired) electrons. The van der Waals surface area contributed by atoms with Gasteiger partial charge >= 0.3 is 0 Å². The SMILES string of the molecule is COC1CCN(CCNC(C)C)CC1. The van der Waals surface area contributed by atoms with E-state index < -0.39 is 0 Å². The van der Waals surface area contributed by atoms with Crippen LogP contribution in [-0.2, 0) is 4.74 Å². The second kappa shape index (κ2) is 6.38. The van der Waals surface area contributed by atoms with Gasteiger partial charge in [-0.25, -0.2) is 0 Å². The van der Waals surface area contributed by atoms with Crippen LogP contribution < -0.4 is 5.32 Å². The van der Waals surface area contributed by atoms with Gasteiger partial charge < -0.3 is 15.0 Å². The van der Waals surface area contributed by atoms with E-state index in [-0.39, 0.29) is 0 Å². The molecule has 0 aromatic carbocycles. The molecule has 0 atom stereocenters. The third kappa shape index (κ3) is 4.40. The van der Waals surface area contributed by atoms with Crippen molar-refractivity contribution in [3.05, 3.63) is 0 Å². The lowest BCUT2D eigenvalue weighted by molar-refractivity contribution is 0.0413. The Balaban J connectivity index is 2.04. The molecule has 1 rings (SSSR count). The van der Waals surface area contributed by atoms with Crippen LogP contribution in [0.2, 0.25) is 0 Å². The molecule has 1 aliphatic rings. The minimum absolute atomic E-state index is 0.504. The summed E-state index contributed by atoms with van der Waals surface area (Å²) in [6.07, 6.45) is 2.89. The van der Waals surface area contributed by atoms with Crippen molar-refractivity contribution in [3.63, 3.8) is 0 Å². The van der Waals surface area contributed by atoms with Crippen molar-refractivity contribution in [3.8, 4) is 0 Å². The second-order valence-corrected chi connectivity index (χ2v) is 4.39. The van der Waals surface area contributed by atoms with Gasteiger partial charge in [0.2, 0.25) is 0 Å². The molecule has 3 heteroatoms. The number of likely N-dealkylation sites (tertiary alicyclic amines) is 1. The first kappa shape index (κ1) is 12.0. The van der Waals surface area contributed by atoms with Gasteiger partial charge in [0.15, 0.2) is 0 Å². The zero-order chi connectivity index (χ0) is 10.4. The molecule has 3 nitrogen and oxygen atoms in total. The fourth-order valence-corrected chi connectivity index (χ4v) is 1.88. The highest BCUT2D eigenvalue weighted by Crippen LogP contribution is 2.11. The molecule has 0 saturated carbocycles. The van der Waals surface area contributed by atoms with E-state index in [1.54, 1.807) is 0 Å². The summed E-state index contributed by atoms with van der Waals surface area (Å²) >= 11 is 0. The molecule has 0 aliphatic carbocycles. The maximum Gasteiger partial charge on any atom is 0.0595 e. The summed E-state index contributed by atoms with van der Waals surface area (Å²) in [7, 11) is 1.82. The molecule has 1 aliphatic heterocycles. The number of hydrogen-bond acceptors (Lipinski definition) is 3. The van der Waals surface area contributed by atoms with E-state index in [9.17, 15) is 0 Å². The molecular weight excluding hydrogens is 176 g/mol. The third-order valence-corrected chi connectivity index (χ3v) is 2.85. The van der Waals surface area contributed by atoms with E-state index >= 15 is 0 Å². The van der Waals surface area contributed by atoms with Crippen molar-refractivity contribution < 1.29 is 4.74 Å². The number of nitrogens with one attached hydrogen (secondary N) is 1. The number of nitrogens with zero attached hydrogens (tertiary/aromatic N) is 1. The van der Waals surface area contributed by atoms with Gasteiger partial charge in [0.05, 0.1) is 6.10 Å². The van der Waals surface area contributed by atoms with E-state index in [0.29, 0.717) is 12.1 Å². The topological polar surface area (TPSA) is 24.5 Å². The number of methoxy groups -OCH3 is 1. The molecule has 0 aromatic rings. The predicted molar refractivity (Wildman–Crippen MR) is 59.6 cm³/mol. The molecule has 0 aromatic heterocycles. The Morgan fingerprint density at radius 1 is 1.36 bits per heavy atom. The molecule has 0 amide bonds. The summed E-state index contributed by atoms with van der Waals surface area (Å²) in [5, 5.41) is 3.45. The van der Waals surface area contributed by atoms with Gasteiger partial charge in [0.25, 0.3) is 0 Å². The molecule has 0 unspecified atom stereocenters. The molecule has 1 fully saturated rings. The highest BCUT2D eigenvalue weighted by atomic mass is 16.5. The first-order valence-electron chi connectivity index (χ1n) is 5.71. The van der Waals surface area contributed by atoms with Crippen LogP contribution in [0.3, 0.4) is 0 Å². The Morgan fingerprint density at radius 2 is 2.00 bits per heavy atom. The maximum atomic E-state index is 5.34. The zero-order valence-electron chi connectivity index (χ0n) is 9.75. The minimum atomic E-state index is 0.504. The summed E-state index contributed by atoms with van der Waals surface area (Å²) in [4.78, 5) is 2.52. The van der Waals surface area contributed by atoms with Gasteiger partial charge in [-0.3, -0.25) is 0 Å². The normalized spacial score (nSPS) is 20.6. The van der Waals surface area contributed by atoms with Crippen LogP contribution in [0.5, 0.6) is 0 Å². The highest BCUT2D eigenvalue weighted by Gasteiger charge is 2.17. The van der Waals surface area contributed by atoms with Crippen molar-refractivity contribution in [1.82, 2.24) is 10.2 Å². The van der Waals surface area contributed by atoms with Crippen LogP contribution in [-0.4, -0.2) is 50.3 Å². The number of rotatable bonds is 5. The average Bonchev–Trinajstić information content (AvgIpc) is 2.18. The van der Waals surface area contributed by atoms with Crippen molar-refractivity contribution in [2.24, 2.45) is 0 Å². The standard InChI is InChI=1S/C11H24N2O/c1-10(2)12-6-9-13-7-4-11(14-3)5-8-13/h10-12H,4-9H2,1-3H3. The first-order chi connectivity index (χ1) is 6.72. The summed E-state index contributed by atoms with van der Waals surface area (Å²) < 4.78 is 5.34. The smallest absolute Gasteiger partial charge is 0.0595 e. The summed E-state index contributed by atoms with van der Waals surface area (Å²) in [6, 6.07) is 0.603. The van der Waals surface area contributed by atoms with Crippen molar-refractivity contribution in [2.75, 3.05) is 33.3 Å². The van der Waals surface area contributed by atoms with Crippen molar-refractivity contribution in [2.45, 2.75) is 38.8 Å². The lowest BCUT2D eigenvalue weighted by atomic mass is 10.1. The van der Waals surface area contributed by atoms with Crippen molar-refractivity contribution in [1.29, 1.82) is 0 Å². The lowest BCUT2D eigenvalue weighted by Gasteiger charge is -2.31. The number of hydrogen-bond donors (Lipinski definition) is 1. The average molecular weight is 200 g/mol. The fourth-order valence-electron chi connectivity index (χ4n) is 1.88. The van der Waals surface area contributed by atoms with E-state index in [2.05, 4.69) is 24.1 Å². The Kier molecular flexibility index (Phi) is 5.45. The maximum absolute atomic E-state index is 5.34. The van der Waals surface area contributed by atoms with Gasteiger partial charge in [0.1, 0.15) is 0 Å². The van der Waals surface area contributed by atoms with Crippen LogP contribution in [0.15, 0.2) is 0 Å². The Hall–Kier alpha value is -0.120. The van der Waals surface area contributed by atoms with E-state index in [4.69, 9.17) is 4.74 Å². The quantitative estimate of drug-likeness (QED) is 0.719. The number of piperidine rings is 1. The van der Waals surface area contributed by atoms with Crippen LogP contribution >= 0.6 is 0 Å². The predicted octanol–water partition coefficient (Wildman–Crippen LogP) is 1.10. The van der Waals surface area contributed by atoms with Crippen LogP contribution in [0.4, 0.5) is 0 Å². The van der Waals surface area contributed by atoms with E-state index in [0.717, 1.165) is 6.54 Å². The molecule has 1 heterocycles. The van der Waals surface area contributed by atoms with E-state index in [1.807, 2.05) is 7.11 Å². The molecule has 14 heavy (non-hydrogen) atoms. The van der Waals surface area contributed by atoms with Crippen LogP contribution in [0.25, 0.3) is 0 Å². The molecule has 1 saturated heterocycles. The number of ether oxygens (including phenoxy) is 1. The second-order valence-electron chi connectivity index (χ2n) is 4.39. The third-order valence-electron chi connectivity index (χ3n) is 2.85. The Bertz CT molecular complexity index is 142. The minimum Gasteiger partial charge on any atom is -0.381 e. The molecule has 84 valence electrons. The summed E-state index contributed by atoms with van der Waals surface area (Å²) in [5.41, 5.74) is 0. The van der Waals surface area contributed by atoms with Gasteiger partial charge in [-0.05, 0) is 12.8 Å². The van der Waals surface area contributed by atoms with Gasteiger partial charge in [-0.15, -0.1) is 0 Å². The van der Waals surface area contributed by atoms with Crippen LogP contribution in [0.1, 0.15) is 26.7 Å². The molecule has 1 N–H and O–H groups in total. The first-order valence-corrected chi connectivity index (χ1v) is 5.71. The highest BCUT2D eigenvalue weighted by molar-refractivity contribution is 4.72. The van der Waals surface area contributed by atoms with Crippen molar-refractivity contribution >= 4 is 0 Å². The van der Waals surface area contributed by atoms with Gasteiger partial charge in [0, 0.05) is 39.3 Å². The molecule has 0 bridgehead atoms. The monoisotopic (exact) mass is 200 g/mol. The largest absolute Gasteiger partial charge is 0.381 e. The lowest BCUT2D eigenvalue weighted by Crippen LogP contribution is -2.41. The summed E-state index contributed by atoms with van der Waals surface area (Å²) in [5.74, 6) is 0.